The van der Waals surface area contributed by atoms with E-state index >= 15 is 0 Å². The second-order valence-electron chi connectivity index (χ2n) is 4.54. The Hall–Kier alpha value is -2.41. The van der Waals surface area contributed by atoms with Crippen LogP contribution in [0, 0.1) is 0 Å². The first-order valence-electron chi connectivity index (χ1n) is 6.42. The number of Topliss-reactive ketones (excluding diaryl/α,β-unsaturated/α-hetero) is 1. The van der Waals surface area contributed by atoms with Gasteiger partial charge in [0.2, 0.25) is 11.8 Å². The lowest BCUT2D eigenvalue weighted by atomic mass is 10.1. The van der Waals surface area contributed by atoms with Gasteiger partial charge in [0.25, 0.3) is 0 Å². The van der Waals surface area contributed by atoms with Crippen molar-refractivity contribution >= 4 is 17.6 Å². The highest BCUT2D eigenvalue weighted by molar-refractivity contribution is 5.96. The number of nitrogens with two attached hydrogens (primary N) is 2. The molecular weight excluding hydrogens is 274 g/mol. The minimum Gasteiger partial charge on any atom is -0.491 e. The lowest BCUT2D eigenvalue weighted by Crippen LogP contribution is -2.41. The minimum absolute atomic E-state index is 0.0827. The number of nitrogens with zero attached hydrogens (tertiary/aromatic N) is 1. The maximum Gasteiger partial charge on any atom is 0.231 e. The van der Waals surface area contributed by atoms with Crippen molar-refractivity contribution in [2.75, 3.05) is 26.2 Å². The Bertz CT molecular complexity index is 515. The Morgan fingerprint density at radius 3 is 2.19 bits per heavy atom. The molecule has 0 aliphatic carbocycles. The van der Waals surface area contributed by atoms with Gasteiger partial charge >= 0.3 is 0 Å². The summed E-state index contributed by atoms with van der Waals surface area (Å²) in [6.45, 7) is 1.78. The molecule has 0 heterocycles. The summed E-state index contributed by atoms with van der Waals surface area (Å²) in [5.41, 5.74) is 10.7. The van der Waals surface area contributed by atoms with Gasteiger partial charge in [0.05, 0.1) is 18.7 Å². The van der Waals surface area contributed by atoms with Gasteiger partial charge in [-0.2, -0.15) is 0 Å². The monoisotopic (exact) mass is 293 g/mol. The number of primary amides is 2. The number of ether oxygens (including phenoxy) is 1. The fourth-order valence-corrected chi connectivity index (χ4v) is 1.82. The molecule has 0 radical (unpaired) electrons. The van der Waals surface area contributed by atoms with E-state index in [0.717, 1.165) is 0 Å². The number of rotatable bonds is 9. The summed E-state index contributed by atoms with van der Waals surface area (Å²) in [7, 11) is 0. The van der Waals surface area contributed by atoms with Crippen LogP contribution < -0.4 is 16.2 Å². The zero-order valence-corrected chi connectivity index (χ0v) is 11.9. The molecule has 0 atom stereocenters. The first-order chi connectivity index (χ1) is 9.90. The molecule has 0 saturated heterocycles. The molecule has 0 saturated carbocycles. The van der Waals surface area contributed by atoms with Gasteiger partial charge in [-0.1, -0.05) is 12.1 Å². The van der Waals surface area contributed by atoms with Crippen molar-refractivity contribution in [1.29, 1.82) is 0 Å². The third kappa shape index (κ3) is 6.05. The second-order valence-corrected chi connectivity index (χ2v) is 4.54. The van der Waals surface area contributed by atoms with Crippen molar-refractivity contribution in [3.63, 3.8) is 0 Å². The number of hydrogen-bond acceptors (Lipinski definition) is 5. The second kappa shape index (κ2) is 8.01. The van der Waals surface area contributed by atoms with E-state index in [4.69, 9.17) is 16.2 Å². The topological polar surface area (TPSA) is 116 Å². The molecule has 0 unspecified atom stereocenters. The van der Waals surface area contributed by atoms with Crippen LogP contribution in [0.3, 0.4) is 0 Å². The number of ketones is 1. The molecule has 114 valence electrons. The average molecular weight is 293 g/mol. The summed E-state index contributed by atoms with van der Waals surface area (Å²) >= 11 is 0. The van der Waals surface area contributed by atoms with Gasteiger partial charge < -0.3 is 16.2 Å². The summed E-state index contributed by atoms with van der Waals surface area (Å²) in [6.07, 6.45) is 0. The number of amides is 2. The van der Waals surface area contributed by atoms with Gasteiger partial charge in [0.15, 0.2) is 5.78 Å². The first kappa shape index (κ1) is 16.6. The zero-order valence-electron chi connectivity index (χ0n) is 11.9. The van der Waals surface area contributed by atoms with Gasteiger partial charge in [-0.25, -0.2) is 0 Å². The molecule has 21 heavy (non-hydrogen) atoms. The average Bonchev–Trinajstić information content (AvgIpc) is 2.37. The Morgan fingerprint density at radius 2 is 1.67 bits per heavy atom. The van der Waals surface area contributed by atoms with Crippen molar-refractivity contribution in [3.05, 3.63) is 29.8 Å². The molecule has 2 amide bonds. The molecule has 0 aliphatic heterocycles. The van der Waals surface area contributed by atoms with Crippen LogP contribution in [0.15, 0.2) is 24.3 Å². The Balaban J connectivity index is 2.59. The van der Waals surface area contributed by atoms with E-state index in [1.54, 1.807) is 24.3 Å². The highest BCUT2D eigenvalue weighted by atomic mass is 16.5. The van der Waals surface area contributed by atoms with Crippen LogP contribution in [0.2, 0.25) is 0 Å². The van der Waals surface area contributed by atoms with E-state index in [2.05, 4.69) is 0 Å². The number of benzene rings is 1. The third-order valence-electron chi connectivity index (χ3n) is 2.69. The van der Waals surface area contributed by atoms with Gasteiger partial charge in [-0.05, 0) is 19.1 Å². The molecule has 1 rings (SSSR count). The molecule has 0 spiro atoms. The Morgan fingerprint density at radius 1 is 1.10 bits per heavy atom. The van der Waals surface area contributed by atoms with E-state index in [9.17, 15) is 14.4 Å². The maximum atomic E-state index is 11.4. The van der Waals surface area contributed by atoms with Gasteiger partial charge in [0, 0.05) is 6.54 Å². The standard InChI is InChI=1S/C14H19N3O4/c1-10(18)11-4-2-3-5-12(11)21-7-6-17(8-13(15)19)9-14(16)20/h2-5H,6-9H2,1H3,(H2,15,19)(H2,16,20). The lowest BCUT2D eigenvalue weighted by Gasteiger charge is -2.19. The number of carbonyl (C=O) groups is 3. The van der Waals surface area contributed by atoms with Gasteiger partial charge in [0.1, 0.15) is 12.4 Å². The smallest absolute Gasteiger partial charge is 0.231 e. The normalized spacial score (nSPS) is 10.4. The van der Waals surface area contributed by atoms with Crippen LogP contribution in [0.25, 0.3) is 0 Å². The highest BCUT2D eigenvalue weighted by Gasteiger charge is 2.12. The van der Waals surface area contributed by atoms with Crippen molar-refractivity contribution < 1.29 is 19.1 Å². The minimum atomic E-state index is -0.555. The number of hydrogen-bond donors (Lipinski definition) is 2. The van der Waals surface area contributed by atoms with Crippen LogP contribution in [0.5, 0.6) is 5.75 Å². The van der Waals surface area contributed by atoms with Crippen LogP contribution in [0.4, 0.5) is 0 Å². The number of carbonyl (C=O) groups excluding carboxylic acids is 3. The predicted octanol–water partition coefficient (Wildman–Crippen LogP) is -0.459. The summed E-state index contributed by atoms with van der Waals surface area (Å²) in [5.74, 6) is -0.749. The highest BCUT2D eigenvalue weighted by Crippen LogP contribution is 2.18. The van der Waals surface area contributed by atoms with Crippen molar-refractivity contribution in [2.24, 2.45) is 11.5 Å². The molecule has 0 aromatic heterocycles. The van der Waals surface area contributed by atoms with Crippen LogP contribution in [0.1, 0.15) is 17.3 Å². The molecule has 0 aliphatic rings. The largest absolute Gasteiger partial charge is 0.491 e. The van der Waals surface area contributed by atoms with Crippen molar-refractivity contribution in [1.82, 2.24) is 4.90 Å². The molecule has 0 fully saturated rings. The Labute approximate surface area is 122 Å². The van der Waals surface area contributed by atoms with E-state index in [-0.39, 0.29) is 32.0 Å². The van der Waals surface area contributed by atoms with Crippen LogP contribution in [-0.4, -0.2) is 48.7 Å². The predicted molar refractivity (Wildman–Crippen MR) is 76.8 cm³/mol. The van der Waals surface area contributed by atoms with Gasteiger partial charge in [-0.15, -0.1) is 0 Å². The van der Waals surface area contributed by atoms with E-state index in [0.29, 0.717) is 11.3 Å². The SMILES string of the molecule is CC(=O)c1ccccc1OCCN(CC(N)=O)CC(N)=O. The van der Waals surface area contributed by atoms with E-state index < -0.39 is 11.8 Å². The van der Waals surface area contributed by atoms with Crippen molar-refractivity contribution in [2.45, 2.75) is 6.92 Å². The zero-order chi connectivity index (χ0) is 15.8. The summed E-state index contributed by atoms with van der Waals surface area (Å²) in [5, 5.41) is 0. The summed E-state index contributed by atoms with van der Waals surface area (Å²) < 4.78 is 5.53. The Kier molecular flexibility index (Phi) is 6.35. The van der Waals surface area contributed by atoms with Gasteiger partial charge in [-0.3, -0.25) is 19.3 Å². The molecule has 1 aromatic carbocycles. The fourth-order valence-electron chi connectivity index (χ4n) is 1.82. The fraction of sp³-hybridized carbons (Fsp3) is 0.357. The molecular formula is C14H19N3O4. The molecule has 1 aromatic rings. The quantitative estimate of drug-likeness (QED) is 0.598. The molecule has 4 N–H and O–H groups in total. The van der Waals surface area contributed by atoms with E-state index in [1.807, 2.05) is 0 Å². The van der Waals surface area contributed by atoms with Crippen LogP contribution >= 0.6 is 0 Å². The molecule has 7 nitrogen and oxygen atoms in total. The maximum absolute atomic E-state index is 11.4. The lowest BCUT2D eigenvalue weighted by molar-refractivity contribution is -0.122. The summed E-state index contributed by atoms with van der Waals surface area (Å²) in [4.78, 5) is 34.8. The van der Waals surface area contributed by atoms with Crippen molar-refractivity contribution in [3.8, 4) is 5.75 Å². The molecule has 7 heteroatoms. The van der Waals surface area contributed by atoms with Crippen LogP contribution in [-0.2, 0) is 9.59 Å². The molecule has 0 bridgehead atoms. The van der Waals surface area contributed by atoms with E-state index in [1.165, 1.54) is 11.8 Å². The number of para-hydroxylation sites is 1. The third-order valence-corrected chi connectivity index (χ3v) is 2.69. The summed E-state index contributed by atoms with van der Waals surface area (Å²) in [6, 6.07) is 6.86. The first-order valence-corrected chi connectivity index (χ1v) is 6.42.